The molecule has 0 spiro atoms. The Balaban J connectivity index is 1.59. The molecule has 7 nitrogen and oxygen atoms in total. The molecule has 0 saturated carbocycles. The molecular formula is C27H33FN6O. The van der Waals surface area contributed by atoms with E-state index in [-0.39, 0.29) is 11.7 Å². The summed E-state index contributed by atoms with van der Waals surface area (Å²) in [6.07, 6.45) is 7.64. The largest absolute Gasteiger partial charge is 0.494 e. The minimum atomic E-state index is -0.373. The Morgan fingerprint density at radius 3 is 2.71 bits per heavy atom. The second-order valence-corrected chi connectivity index (χ2v) is 9.03. The van der Waals surface area contributed by atoms with Crippen molar-refractivity contribution in [2.24, 2.45) is 4.99 Å². The minimum absolute atomic E-state index is 0.268. The van der Waals surface area contributed by atoms with Crippen LogP contribution in [0, 0.1) is 19.7 Å². The first kappa shape index (κ1) is 24.7. The van der Waals surface area contributed by atoms with Crippen LogP contribution in [0.1, 0.15) is 49.7 Å². The van der Waals surface area contributed by atoms with Gasteiger partial charge in [0.15, 0.2) is 5.82 Å². The average molecular weight is 477 g/mol. The van der Waals surface area contributed by atoms with Gasteiger partial charge in [-0.1, -0.05) is 11.6 Å². The topological polar surface area (TPSA) is 68.4 Å². The molecule has 1 aliphatic heterocycles. The maximum absolute atomic E-state index is 15.0. The van der Waals surface area contributed by atoms with Crippen LogP contribution in [0.2, 0.25) is 0 Å². The fourth-order valence-corrected chi connectivity index (χ4v) is 4.80. The summed E-state index contributed by atoms with van der Waals surface area (Å²) in [5.41, 5.74) is 5.07. The number of likely N-dealkylation sites (tertiary alicyclic amines) is 1. The second kappa shape index (κ2) is 10.9. The molecule has 1 saturated heterocycles. The fourth-order valence-electron chi connectivity index (χ4n) is 4.80. The molecule has 0 atom stereocenters. The average Bonchev–Trinajstić information content (AvgIpc) is 3.18. The van der Waals surface area contributed by atoms with E-state index in [1.807, 2.05) is 26.8 Å². The van der Waals surface area contributed by atoms with Crippen LogP contribution in [0.4, 0.5) is 4.39 Å². The van der Waals surface area contributed by atoms with Crippen LogP contribution in [-0.4, -0.2) is 57.8 Å². The quantitative estimate of drug-likeness (QED) is 0.326. The van der Waals surface area contributed by atoms with Crippen molar-refractivity contribution in [1.82, 2.24) is 24.9 Å². The van der Waals surface area contributed by atoms with Gasteiger partial charge in [0.2, 0.25) is 0 Å². The number of benzene rings is 1. The normalized spacial score (nSPS) is 15.9. The highest BCUT2D eigenvalue weighted by molar-refractivity contribution is 5.86. The highest BCUT2D eigenvalue weighted by atomic mass is 19.1. The lowest BCUT2D eigenvalue weighted by Gasteiger charge is -2.31. The molecule has 35 heavy (non-hydrogen) atoms. The number of ether oxygens (including phenoxy) is 1. The Morgan fingerprint density at radius 1 is 1.26 bits per heavy atom. The van der Waals surface area contributed by atoms with Gasteiger partial charge in [-0.25, -0.2) is 9.07 Å². The van der Waals surface area contributed by atoms with Gasteiger partial charge in [0, 0.05) is 30.1 Å². The molecule has 0 bridgehead atoms. The zero-order chi connectivity index (χ0) is 24.9. The number of piperidine rings is 1. The lowest BCUT2D eigenvalue weighted by Crippen LogP contribution is -2.34. The Hall–Kier alpha value is -3.39. The lowest BCUT2D eigenvalue weighted by atomic mass is 9.91. The highest BCUT2D eigenvalue weighted by Crippen LogP contribution is 2.34. The van der Waals surface area contributed by atoms with E-state index in [1.54, 1.807) is 23.0 Å². The maximum atomic E-state index is 15.0. The third-order valence-corrected chi connectivity index (χ3v) is 6.51. The molecule has 8 heteroatoms. The lowest BCUT2D eigenvalue weighted by molar-refractivity contribution is 0.226. The summed E-state index contributed by atoms with van der Waals surface area (Å²) in [5, 5.41) is 14.8. The first-order valence-corrected chi connectivity index (χ1v) is 12.1. The number of halogens is 1. The summed E-state index contributed by atoms with van der Waals surface area (Å²) in [4.78, 5) is 6.19. The number of allylic oxidation sites excluding steroid dienone is 2. The molecule has 0 aliphatic carbocycles. The summed E-state index contributed by atoms with van der Waals surface area (Å²) < 4.78 is 22.1. The van der Waals surface area contributed by atoms with Gasteiger partial charge in [0.25, 0.3) is 0 Å². The Labute approximate surface area is 206 Å². The van der Waals surface area contributed by atoms with Crippen LogP contribution in [0.25, 0.3) is 16.6 Å². The predicted octanol–water partition coefficient (Wildman–Crippen LogP) is 5.31. The number of hydrogen-bond donors (Lipinski definition) is 0. The molecule has 0 unspecified atom stereocenters. The zero-order valence-corrected chi connectivity index (χ0v) is 21.0. The Kier molecular flexibility index (Phi) is 7.70. The molecule has 1 fully saturated rings. The molecule has 3 aromatic rings. The third-order valence-electron chi connectivity index (χ3n) is 6.51. The van der Waals surface area contributed by atoms with Gasteiger partial charge in [0.1, 0.15) is 17.0 Å². The van der Waals surface area contributed by atoms with E-state index in [0.29, 0.717) is 18.0 Å². The minimum Gasteiger partial charge on any atom is -0.494 e. The van der Waals surface area contributed by atoms with Gasteiger partial charge in [-0.05, 0) is 78.6 Å². The monoisotopic (exact) mass is 476 g/mol. The van der Waals surface area contributed by atoms with Crippen molar-refractivity contribution in [2.75, 3.05) is 26.2 Å². The van der Waals surface area contributed by atoms with Gasteiger partial charge in [-0.3, -0.25) is 9.89 Å². The summed E-state index contributed by atoms with van der Waals surface area (Å²) in [6.45, 7) is 14.7. The molecule has 0 radical (unpaired) electrons. The van der Waals surface area contributed by atoms with E-state index in [2.05, 4.69) is 39.8 Å². The first-order chi connectivity index (χ1) is 16.9. The van der Waals surface area contributed by atoms with Crippen LogP contribution < -0.4 is 4.74 Å². The molecule has 184 valence electrons. The molecule has 1 aromatic carbocycles. The number of aliphatic imine (C=N–C) groups is 1. The molecule has 0 amide bonds. The highest BCUT2D eigenvalue weighted by Gasteiger charge is 2.27. The van der Waals surface area contributed by atoms with Gasteiger partial charge in [-0.15, -0.1) is 0 Å². The Morgan fingerprint density at radius 2 is 2.03 bits per heavy atom. The molecule has 2 aromatic heterocycles. The number of aryl methyl sites for hydroxylation is 2. The zero-order valence-electron chi connectivity index (χ0n) is 21.0. The van der Waals surface area contributed by atoms with Crippen LogP contribution in [0.5, 0.6) is 5.75 Å². The molecule has 4 rings (SSSR count). The summed E-state index contributed by atoms with van der Waals surface area (Å²) in [6, 6.07) is 4.89. The second-order valence-electron chi connectivity index (χ2n) is 9.03. The van der Waals surface area contributed by atoms with E-state index in [4.69, 9.17) is 9.84 Å². The van der Waals surface area contributed by atoms with E-state index in [0.717, 1.165) is 60.5 Å². The smallest absolute Gasteiger partial charge is 0.152 e. The third kappa shape index (κ3) is 5.32. The van der Waals surface area contributed by atoms with Gasteiger partial charge in [0.05, 0.1) is 23.7 Å². The molecule has 1 aliphatic rings. The predicted molar refractivity (Wildman–Crippen MR) is 138 cm³/mol. The molecular weight excluding hydrogens is 443 g/mol. The van der Waals surface area contributed by atoms with Crippen LogP contribution in [0.15, 0.2) is 47.1 Å². The van der Waals surface area contributed by atoms with E-state index in [9.17, 15) is 4.39 Å². The first-order valence-electron chi connectivity index (χ1n) is 12.1. The van der Waals surface area contributed by atoms with Crippen molar-refractivity contribution in [3.8, 4) is 11.4 Å². The van der Waals surface area contributed by atoms with E-state index >= 15 is 0 Å². The number of hydrogen-bond acceptors (Lipinski definition) is 6. The number of nitrogens with zero attached hydrogens (tertiary/aromatic N) is 6. The fraction of sp³-hybridized carbons (Fsp3) is 0.407. The van der Waals surface area contributed by atoms with Crippen LogP contribution >= 0.6 is 0 Å². The van der Waals surface area contributed by atoms with Gasteiger partial charge >= 0.3 is 0 Å². The molecule has 3 heterocycles. The van der Waals surface area contributed by atoms with Crippen molar-refractivity contribution < 1.29 is 9.13 Å². The van der Waals surface area contributed by atoms with Crippen molar-refractivity contribution in [3.63, 3.8) is 0 Å². The number of rotatable bonds is 8. The van der Waals surface area contributed by atoms with Crippen molar-refractivity contribution in [1.29, 1.82) is 0 Å². The van der Waals surface area contributed by atoms with E-state index < -0.39 is 0 Å². The molecule has 0 N–H and O–H groups in total. The van der Waals surface area contributed by atoms with Crippen LogP contribution in [-0.2, 0) is 0 Å². The summed E-state index contributed by atoms with van der Waals surface area (Å²) in [7, 11) is 0. The van der Waals surface area contributed by atoms with Gasteiger partial charge < -0.3 is 4.74 Å². The SMILES string of the molecule is C=N/C=C\C=C(/C)CN1CCC(c2nnc(C)c3c(C)n(-c4ccc(OCC)cc4F)nc23)CC1. The van der Waals surface area contributed by atoms with E-state index in [1.165, 1.54) is 11.6 Å². The van der Waals surface area contributed by atoms with Crippen molar-refractivity contribution >= 4 is 17.6 Å². The van der Waals surface area contributed by atoms with Crippen molar-refractivity contribution in [3.05, 3.63) is 65.0 Å². The summed E-state index contributed by atoms with van der Waals surface area (Å²) >= 11 is 0. The maximum Gasteiger partial charge on any atom is 0.152 e. The van der Waals surface area contributed by atoms with Crippen molar-refractivity contribution in [2.45, 2.75) is 46.5 Å². The number of aromatic nitrogens is 4. The summed E-state index contributed by atoms with van der Waals surface area (Å²) in [5.74, 6) is 0.403. The van der Waals surface area contributed by atoms with Gasteiger partial charge in [-0.2, -0.15) is 15.3 Å². The van der Waals surface area contributed by atoms with Crippen LogP contribution in [0.3, 0.4) is 0 Å². The Bertz CT molecular complexity index is 1270. The standard InChI is InChI=1S/C27H33FN6O/c1-6-35-22-9-10-24(23(28)16-22)34-20(4)25-19(3)30-31-26(27(25)32-34)21-11-14-33(15-12-21)17-18(2)8-7-13-29-5/h7-10,13,16,21H,5-6,11-12,14-15,17H2,1-4H3/b13-7-,18-8+. The number of fused-ring (bicyclic) bond motifs is 1.